The van der Waals surface area contributed by atoms with Crippen LogP contribution in [0.4, 0.5) is 0 Å². The molecule has 3 N–H and O–H groups in total. The van der Waals surface area contributed by atoms with Gasteiger partial charge >= 0.3 is 0 Å². The highest BCUT2D eigenvalue weighted by Gasteiger charge is 2.46. The summed E-state index contributed by atoms with van der Waals surface area (Å²) in [6.07, 6.45) is 0.865. The highest BCUT2D eigenvalue weighted by atomic mass is 16.5. The van der Waals surface area contributed by atoms with Crippen LogP contribution in [-0.2, 0) is 14.4 Å². The van der Waals surface area contributed by atoms with Crippen LogP contribution in [0.25, 0.3) is 5.76 Å². The fourth-order valence-corrected chi connectivity index (χ4v) is 4.50. The Kier molecular flexibility index (Phi) is 9.90. The second-order valence-corrected chi connectivity index (χ2v) is 9.17. The number of nitrogens with two attached hydrogens (primary N) is 1. The third-order valence-electron chi connectivity index (χ3n) is 6.59. The molecule has 0 saturated carbocycles. The zero-order valence-electron chi connectivity index (χ0n) is 22.5. The van der Waals surface area contributed by atoms with Crippen LogP contribution >= 0.6 is 0 Å². The number of likely N-dealkylation sites (N-methyl/N-ethyl adjacent to an activating group) is 1. The van der Waals surface area contributed by atoms with Crippen molar-refractivity contribution >= 4 is 23.4 Å². The molecule has 1 aliphatic rings. The first-order valence-electron chi connectivity index (χ1n) is 13.0. The van der Waals surface area contributed by atoms with Crippen molar-refractivity contribution < 1.29 is 29.0 Å². The van der Waals surface area contributed by atoms with Gasteiger partial charge in [-0.3, -0.25) is 14.4 Å². The summed E-state index contributed by atoms with van der Waals surface area (Å²) in [5, 5.41) is 11.4. The molecule has 0 bridgehead atoms. The number of likely N-dealkylation sites (tertiary alicyclic amines) is 1. The molecule has 1 fully saturated rings. The van der Waals surface area contributed by atoms with Gasteiger partial charge in [0.2, 0.25) is 0 Å². The number of hydrogen-bond donors (Lipinski definition) is 2. The number of carbonyl (C=O) groups is 3. The maximum Gasteiger partial charge on any atom is 0.295 e. The number of ether oxygens (including phenoxy) is 2. The summed E-state index contributed by atoms with van der Waals surface area (Å²) < 4.78 is 11.0. The number of nitrogens with zero attached hydrogens (tertiary/aromatic N) is 2. The van der Waals surface area contributed by atoms with E-state index in [0.29, 0.717) is 42.3 Å². The van der Waals surface area contributed by atoms with E-state index in [0.717, 1.165) is 25.1 Å². The number of hydrogen-bond acceptors (Lipinski definition) is 7. The summed E-state index contributed by atoms with van der Waals surface area (Å²) in [6, 6.07) is 11.2. The molecule has 0 spiro atoms. The summed E-state index contributed by atoms with van der Waals surface area (Å²) in [7, 11) is 0. The zero-order chi connectivity index (χ0) is 27.8. The van der Waals surface area contributed by atoms with E-state index in [1.54, 1.807) is 42.5 Å². The van der Waals surface area contributed by atoms with Gasteiger partial charge in [-0.1, -0.05) is 32.9 Å². The van der Waals surface area contributed by atoms with Crippen molar-refractivity contribution in [3.63, 3.8) is 0 Å². The predicted molar refractivity (Wildman–Crippen MR) is 145 cm³/mol. The molecule has 1 heterocycles. The molecule has 2 amide bonds. The second kappa shape index (κ2) is 13.1. The first-order valence-corrected chi connectivity index (χ1v) is 13.0. The highest BCUT2D eigenvalue weighted by molar-refractivity contribution is 6.46. The SMILES string of the molecule is CCCOc1ccc(C(O)=C2C(=O)C(=O)N(CCN(CC)CC)C2c2ccc(OCC(N)=O)cc2)c(C)c1. The largest absolute Gasteiger partial charge is 0.507 e. The van der Waals surface area contributed by atoms with Crippen LogP contribution in [0.15, 0.2) is 48.0 Å². The quantitative estimate of drug-likeness (QED) is 0.234. The molecule has 1 atom stereocenters. The molecule has 1 unspecified atom stereocenters. The van der Waals surface area contributed by atoms with Gasteiger partial charge in [0, 0.05) is 18.7 Å². The number of carbonyl (C=O) groups excluding carboxylic acids is 3. The Morgan fingerprint density at radius 2 is 1.68 bits per heavy atom. The van der Waals surface area contributed by atoms with Crippen molar-refractivity contribution in [3.05, 3.63) is 64.7 Å². The number of aliphatic hydroxyl groups is 1. The Morgan fingerprint density at radius 3 is 2.26 bits per heavy atom. The van der Waals surface area contributed by atoms with Gasteiger partial charge in [-0.15, -0.1) is 0 Å². The fraction of sp³-hybridized carbons (Fsp3) is 0.414. The molecule has 2 aromatic rings. The fourth-order valence-electron chi connectivity index (χ4n) is 4.50. The lowest BCUT2D eigenvalue weighted by Crippen LogP contribution is -2.38. The maximum absolute atomic E-state index is 13.3. The summed E-state index contributed by atoms with van der Waals surface area (Å²) in [5.74, 6) is -1.12. The van der Waals surface area contributed by atoms with E-state index in [4.69, 9.17) is 15.2 Å². The van der Waals surface area contributed by atoms with Crippen LogP contribution in [-0.4, -0.2) is 71.9 Å². The standard InChI is InChI=1S/C29H37N3O6/c1-5-16-37-22-12-13-23(19(4)17-22)27(34)25-26(20-8-10-21(11-9-20)38-18-24(30)33)32(29(36)28(25)35)15-14-31(6-2)7-3/h8-13,17,26,34H,5-7,14-16,18H2,1-4H3,(H2,30,33). The summed E-state index contributed by atoms with van der Waals surface area (Å²) in [5.41, 5.74) is 7.01. The Hall–Kier alpha value is -3.85. The molecule has 0 aliphatic carbocycles. The van der Waals surface area contributed by atoms with Gasteiger partial charge in [0.1, 0.15) is 17.3 Å². The predicted octanol–water partition coefficient (Wildman–Crippen LogP) is 3.41. The lowest BCUT2D eigenvalue weighted by molar-refractivity contribution is -0.140. The molecule has 2 aromatic carbocycles. The van der Waals surface area contributed by atoms with Gasteiger partial charge < -0.3 is 30.1 Å². The van der Waals surface area contributed by atoms with E-state index in [1.807, 2.05) is 27.7 Å². The molecule has 0 aromatic heterocycles. The van der Waals surface area contributed by atoms with E-state index in [9.17, 15) is 19.5 Å². The summed E-state index contributed by atoms with van der Waals surface area (Å²) in [6.45, 7) is 10.7. The lowest BCUT2D eigenvalue weighted by atomic mass is 9.94. The maximum atomic E-state index is 13.3. The Morgan fingerprint density at radius 1 is 1.03 bits per heavy atom. The van der Waals surface area contributed by atoms with Crippen LogP contribution in [0.5, 0.6) is 11.5 Å². The number of aryl methyl sites for hydroxylation is 1. The van der Waals surface area contributed by atoms with Gasteiger partial charge in [-0.2, -0.15) is 0 Å². The Bertz CT molecular complexity index is 1190. The lowest BCUT2D eigenvalue weighted by Gasteiger charge is -2.28. The monoisotopic (exact) mass is 523 g/mol. The van der Waals surface area contributed by atoms with Gasteiger partial charge in [0.25, 0.3) is 17.6 Å². The van der Waals surface area contributed by atoms with Crippen LogP contribution in [0.1, 0.15) is 49.9 Å². The summed E-state index contributed by atoms with van der Waals surface area (Å²) in [4.78, 5) is 41.3. The van der Waals surface area contributed by atoms with Crippen molar-refractivity contribution in [1.29, 1.82) is 0 Å². The summed E-state index contributed by atoms with van der Waals surface area (Å²) >= 11 is 0. The molecule has 0 radical (unpaired) electrons. The third kappa shape index (κ3) is 6.52. The van der Waals surface area contributed by atoms with Crippen molar-refractivity contribution in [1.82, 2.24) is 9.80 Å². The second-order valence-electron chi connectivity index (χ2n) is 9.17. The Balaban J connectivity index is 2.05. The number of ketones is 1. The average Bonchev–Trinajstić information content (AvgIpc) is 3.16. The number of primary amides is 1. The normalized spacial score (nSPS) is 16.8. The minimum absolute atomic E-state index is 0.0330. The van der Waals surface area contributed by atoms with Crippen LogP contribution < -0.4 is 15.2 Å². The molecule has 9 nitrogen and oxygen atoms in total. The van der Waals surface area contributed by atoms with E-state index < -0.39 is 23.6 Å². The van der Waals surface area contributed by atoms with Crippen molar-refractivity contribution in [2.24, 2.45) is 5.73 Å². The molecule has 1 saturated heterocycles. The van der Waals surface area contributed by atoms with Crippen LogP contribution in [0, 0.1) is 6.92 Å². The molecule has 204 valence electrons. The smallest absolute Gasteiger partial charge is 0.295 e. The molecule has 9 heteroatoms. The van der Waals surface area contributed by atoms with Crippen molar-refractivity contribution in [2.75, 3.05) is 39.4 Å². The first-order chi connectivity index (χ1) is 18.2. The van der Waals surface area contributed by atoms with Crippen LogP contribution in [0.3, 0.4) is 0 Å². The zero-order valence-corrected chi connectivity index (χ0v) is 22.5. The minimum atomic E-state index is -0.786. The molecule has 38 heavy (non-hydrogen) atoms. The average molecular weight is 524 g/mol. The topological polar surface area (TPSA) is 122 Å². The van der Waals surface area contributed by atoms with Gasteiger partial charge in [0.15, 0.2) is 6.61 Å². The van der Waals surface area contributed by atoms with E-state index in [2.05, 4.69) is 4.90 Å². The molecular formula is C29H37N3O6. The molecule has 1 aliphatic heterocycles. The molecule has 3 rings (SSSR count). The number of amides is 2. The number of benzene rings is 2. The number of Topliss-reactive ketones (excluding diaryl/α,β-unsaturated/α-hetero) is 1. The van der Waals surface area contributed by atoms with E-state index in [1.165, 1.54) is 4.90 Å². The highest BCUT2D eigenvalue weighted by Crippen LogP contribution is 2.40. The Labute approximate surface area is 223 Å². The van der Waals surface area contributed by atoms with Crippen molar-refractivity contribution in [2.45, 2.75) is 40.2 Å². The minimum Gasteiger partial charge on any atom is -0.507 e. The first kappa shape index (κ1) is 28.7. The number of rotatable bonds is 13. The van der Waals surface area contributed by atoms with Crippen LogP contribution in [0.2, 0.25) is 0 Å². The van der Waals surface area contributed by atoms with Crippen molar-refractivity contribution in [3.8, 4) is 11.5 Å². The van der Waals surface area contributed by atoms with E-state index >= 15 is 0 Å². The van der Waals surface area contributed by atoms with Gasteiger partial charge in [-0.05, 0) is 67.9 Å². The van der Waals surface area contributed by atoms with Gasteiger partial charge in [-0.25, -0.2) is 0 Å². The van der Waals surface area contributed by atoms with Gasteiger partial charge in [0.05, 0.1) is 18.2 Å². The van der Waals surface area contributed by atoms with E-state index in [-0.39, 0.29) is 17.9 Å². The third-order valence-corrected chi connectivity index (χ3v) is 6.59. The number of aliphatic hydroxyl groups excluding tert-OH is 1. The molecular weight excluding hydrogens is 486 g/mol.